The van der Waals surface area contributed by atoms with Crippen molar-refractivity contribution in [2.75, 3.05) is 78.7 Å². The molecule has 1 amide bonds. The molecule has 10 nitrogen and oxygen atoms in total. The number of rotatable bonds is 1. The maximum atomic E-state index is 12.7. The van der Waals surface area contributed by atoms with Crippen molar-refractivity contribution in [1.29, 1.82) is 0 Å². The summed E-state index contributed by atoms with van der Waals surface area (Å²) < 4.78 is 43.3. The van der Waals surface area contributed by atoms with Gasteiger partial charge in [-0.05, 0) is 249 Å². The molecular formula is C64H127F3N8O2. The van der Waals surface area contributed by atoms with E-state index in [2.05, 4.69) is 133 Å². The van der Waals surface area contributed by atoms with Crippen LogP contribution in [0.1, 0.15) is 243 Å². The van der Waals surface area contributed by atoms with Crippen molar-refractivity contribution in [1.82, 2.24) is 39.6 Å². The van der Waals surface area contributed by atoms with Gasteiger partial charge in [0, 0.05) is 89.4 Å². The largest absolute Gasteiger partial charge is 0.380 e. The van der Waals surface area contributed by atoms with Gasteiger partial charge >= 0.3 is 0 Å². The second-order valence-electron chi connectivity index (χ2n) is 30.6. The number of likely N-dealkylation sites (tertiary alicyclic amines) is 5. The molecule has 9 rings (SSSR count). The van der Waals surface area contributed by atoms with Gasteiger partial charge in [0.25, 0.3) is 11.8 Å². The Hall–Kier alpha value is -1.48. The number of alkyl halides is 3. The molecule has 0 radical (unpaired) electrons. The summed E-state index contributed by atoms with van der Waals surface area (Å²) in [7, 11) is 0. The molecule has 3 atom stereocenters. The lowest BCUT2D eigenvalue weighted by atomic mass is 9.85. The van der Waals surface area contributed by atoms with Crippen molar-refractivity contribution in [3.05, 3.63) is 12.4 Å². The van der Waals surface area contributed by atoms with E-state index in [9.17, 15) is 18.0 Å². The molecular weight excluding hydrogens is 970 g/mol. The van der Waals surface area contributed by atoms with Crippen LogP contribution >= 0.6 is 0 Å². The highest BCUT2D eigenvalue weighted by Gasteiger charge is 2.48. The van der Waals surface area contributed by atoms with Crippen LogP contribution in [0, 0.1) is 5.41 Å². The van der Waals surface area contributed by atoms with Crippen LogP contribution in [-0.2, 0) is 9.53 Å². The Morgan fingerprint density at radius 2 is 1.00 bits per heavy atom. The predicted molar refractivity (Wildman–Crippen MR) is 324 cm³/mol. The fourth-order valence-corrected chi connectivity index (χ4v) is 12.2. The van der Waals surface area contributed by atoms with Gasteiger partial charge in [0.1, 0.15) is 17.5 Å². The molecule has 13 heteroatoms. The average Bonchev–Trinajstić information content (AvgIpc) is 4.13. The number of nitrogens with one attached hydrogen (secondary N) is 1. The molecule has 1 N–H and O–H groups in total. The first-order valence-electron chi connectivity index (χ1n) is 30.9. The molecule has 0 saturated carbocycles. The molecule has 77 heavy (non-hydrogen) atoms. The molecule has 9 aliphatic heterocycles. The van der Waals surface area contributed by atoms with Gasteiger partial charge in [-0.15, -0.1) is 0 Å². The molecule has 2 bridgehead atoms. The number of carbonyl (C=O) groups is 1. The van der Waals surface area contributed by atoms with E-state index in [4.69, 9.17) is 4.74 Å². The zero-order valence-electron chi connectivity index (χ0n) is 55.1. The zero-order valence-corrected chi connectivity index (χ0v) is 55.1. The van der Waals surface area contributed by atoms with Crippen LogP contribution in [0.3, 0.4) is 0 Å². The van der Waals surface area contributed by atoms with E-state index in [1.807, 2.05) is 74.1 Å². The second-order valence-corrected chi connectivity index (χ2v) is 30.6. The Bertz CT molecular complexity index is 1700. The third kappa shape index (κ3) is 23.4. The minimum Gasteiger partial charge on any atom is -0.380 e. The number of piperidine rings is 1. The maximum Gasteiger partial charge on any atom is 0.261 e. The van der Waals surface area contributed by atoms with E-state index in [1.54, 1.807) is 4.90 Å². The summed E-state index contributed by atoms with van der Waals surface area (Å²) in [5, 5.41) is 3.08. The van der Waals surface area contributed by atoms with E-state index in [-0.39, 0.29) is 35.5 Å². The topological polar surface area (TPSA) is 61.0 Å². The van der Waals surface area contributed by atoms with Gasteiger partial charge in [0.15, 0.2) is 0 Å². The first-order valence-corrected chi connectivity index (χ1v) is 30.9. The Morgan fingerprint density at radius 1 is 0.558 bits per heavy atom. The molecule has 0 aromatic heterocycles. The van der Waals surface area contributed by atoms with Crippen LogP contribution in [0.2, 0.25) is 0 Å². The van der Waals surface area contributed by atoms with Gasteiger partial charge in [-0.1, -0.05) is 26.8 Å². The minimum atomic E-state index is -2.45. The normalized spacial score (nSPS) is 26.8. The van der Waals surface area contributed by atoms with Gasteiger partial charge in [0.2, 0.25) is 0 Å². The number of fused-ring (bicyclic) bond motifs is 2. The van der Waals surface area contributed by atoms with E-state index < -0.39 is 17.6 Å². The number of nitrogens with zero attached hydrogens (tertiary/aromatic N) is 7. The molecule has 0 aromatic carbocycles. The second kappa shape index (κ2) is 29.2. The summed E-state index contributed by atoms with van der Waals surface area (Å²) in [6.07, 6.45) is 14.4. The van der Waals surface area contributed by atoms with Gasteiger partial charge < -0.3 is 15.0 Å². The van der Waals surface area contributed by atoms with E-state index in [0.717, 1.165) is 44.3 Å². The van der Waals surface area contributed by atoms with Crippen molar-refractivity contribution < 1.29 is 22.7 Å². The van der Waals surface area contributed by atoms with Gasteiger partial charge in [0.05, 0.1) is 19.8 Å². The molecule has 0 aromatic rings. The summed E-state index contributed by atoms with van der Waals surface area (Å²) >= 11 is 0. The van der Waals surface area contributed by atoms with Crippen molar-refractivity contribution in [2.24, 2.45) is 5.41 Å². The number of amides is 1. The molecule has 0 aliphatic carbocycles. The summed E-state index contributed by atoms with van der Waals surface area (Å²) in [6, 6.07) is 2.62. The number of hydrogen-bond acceptors (Lipinski definition) is 9. The monoisotopic (exact) mass is 1100 g/mol. The van der Waals surface area contributed by atoms with Gasteiger partial charge in [-0.3, -0.25) is 34.2 Å². The van der Waals surface area contributed by atoms with Crippen LogP contribution in [0.4, 0.5) is 13.2 Å². The van der Waals surface area contributed by atoms with Crippen molar-refractivity contribution in [2.45, 2.75) is 312 Å². The fraction of sp³-hybridized carbons (Fsp3) is 0.953. The van der Waals surface area contributed by atoms with Crippen molar-refractivity contribution >= 4 is 5.91 Å². The lowest BCUT2D eigenvalue weighted by molar-refractivity contribution is -0.134. The third-order valence-electron chi connectivity index (χ3n) is 16.9. The summed E-state index contributed by atoms with van der Waals surface area (Å²) in [5.74, 6) is -1.67. The molecule has 9 fully saturated rings. The van der Waals surface area contributed by atoms with Crippen LogP contribution < -0.4 is 5.32 Å². The van der Waals surface area contributed by atoms with Crippen LogP contribution in [-0.4, -0.2) is 188 Å². The number of ether oxygens (including phenoxy) is 1. The van der Waals surface area contributed by atoms with Gasteiger partial charge in [-0.25, -0.2) is 13.2 Å². The highest BCUT2D eigenvalue weighted by atomic mass is 19.3. The Labute approximate surface area is 475 Å². The molecule has 2 unspecified atom stereocenters. The molecule has 1 spiro atoms. The summed E-state index contributed by atoms with van der Waals surface area (Å²) in [6.45, 7) is 67.0. The predicted octanol–water partition coefficient (Wildman–Crippen LogP) is 14.1. The van der Waals surface area contributed by atoms with Gasteiger partial charge in [-0.2, -0.15) is 0 Å². The quantitative estimate of drug-likeness (QED) is 0.277. The number of halogens is 3. The van der Waals surface area contributed by atoms with E-state index >= 15 is 0 Å². The lowest BCUT2D eigenvalue weighted by Crippen LogP contribution is -2.51. The maximum absolute atomic E-state index is 12.7. The standard InChI is InChI=1S/C11H21N.C10H18N2O.C10H19NO.C8H15F2N.C8H16FN.C8H17N.C7H15N.C2H6/c1-11(2,3)12-9-5-4-6-10(12)8-7-9;1-7-11-10(5,6)8(13)12(7)9(2,3)4;1-9(2,3)11-5-4-10(6-11)7-12-8-10;1-7(2,3)11-5-4-8(9,10)6-11;1-8(2,3)10-5-4-7(9)6-10;1-8(2,3)9-6-4-5-7-9;1-7(2)8-5-3-4-6-8;1-2/h9-10H,4-8H2,1-3H3;11H,1H2,2-6H3;4-8H2,1-3H3;4-6H2,1-3H3;7H,4-6H2,1-3H3;4-7H2,1-3H3;7H,3-6H2,1-2H3;1-2H3/t9-,10?;;;;;;;/m1......./s1. The first kappa shape index (κ1) is 71.6. The molecule has 9 heterocycles. The zero-order chi connectivity index (χ0) is 59.4. The number of hydrogen-bond donors (Lipinski definition) is 1. The third-order valence-corrected chi connectivity index (χ3v) is 16.9. The summed E-state index contributed by atoms with van der Waals surface area (Å²) in [5.41, 5.74) is 1.05. The van der Waals surface area contributed by atoms with Crippen molar-refractivity contribution in [3.8, 4) is 0 Å². The summed E-state index contributed by atoms with van der Waals surface area (Å²) in [4.78, 5) is 28.1. The smallest absolute Gasteiger partial charge is 0.261 e. The van der Waals surface area contributed by atoms with Crippen molar-refractivity contribution in [3.63, 3.8) is 0 Å². The SMILES string of the molecule is C=C1NC(C)(C)C(=O)N1C(C)(C)C.CC.CC(C)(C)N1C2CCC[C@@H]1CC2.CC(C)(C)N1CCC(F)(F)C1.CC(C)(C)N1CCC(F)C1.CC(C)(C)N1CCC2(COC2)C1.CC(C)(C)N1CCCC1.CC(C)N1CCCC1. The molecule has 9 saturated heterocycles. The van der Waals surface area contributed by atoms with E-state index in [1.165, 1.54) is 103 Å². The average molecular weight is 1100 g/mol. The Balaban J connectivity index is 0.000000307. The minimum absolute atomic E-state index is 0.0181. The first-order chi connectivity index (χ1) is 35.0. The fourth-order valence-electron chi connectivity index (χ4n) is 12.2. The van der Waals surface area contributed by atoms with E-state index in [0.29, 0.717) is 40.9 Å². The lowest BCUT2D eigenvalue weighted by Gasteiger charge is -2.44. The number of carbonyl (C=O) groups excluding carboxylic acids is 1. The Kier molecular flexibility index (Phi) is 27.1. The Morgan fingerprint density at radius 3 is 1.22 bits per heavy atom. The van der Waals surface area contributed by atoms with Crippen LogP contribution in [0.15, 0.2) is 12.4 Å². The van der Waals surface area contributed by atoms with Crippen LogP contribution in [0.5, 0.6) is 0 Å². The highest BCUT2D eigenvalue weighted by Crippen LogP contribution is 2.41. The molecule has 456 valence electrons. The highest BCUT2D eigenvalue weighted by molar-refractivity contribution is 5.90. The van der Waals surface area contributed by atoms with Crippen LogP contribution in [0.25, 0.3) is 0 Å². The molecule has 9 aliphatic rings.